The van der Waals surface area contributed by atoms with Crippen molar-refractivity contribution in [3.05, 3.63) is 0 Å². The summed E-state index contributed by atoms with van der Waals surface area (Å²) in [5.74, 6) is 0.982. The number of halogens is 1. The van der Waals surface area contributed by atoms with Gasteiger partial charge < -0.3 is 0 Å². The molecule has 2 saturated heterocycles. The molecule has 2 rings (SSSR count). The summed E-state index contributed by atoms with van der Waals surface area (Å²) in [6.45, 7) is 4.82. The lowest BCUT2D eigenvalue weighted by molar-refractivity contribution is 0.0816. The van der Waals surface area contributed by atoms with E-state index in [1.165, 1.54) is 30.1 Å². The maximum atomic E-state index is 2.81. The number of rotatable bonds is 2. The molecule has 2 bridgehead atoms. The topological polar surface area (TPSA) is 3.24 Å². The molecule has 3 unspecified atom stereocenters. The van der Waals surface area contributed by atoms with Gasteiger partial charge in [-0.1, -0.05) is 29.5 Å². The average molecular weight is 293 g/mol. The number of hydrogen-bond acceptors (Lipinski definition) is 1. The van der Waals surface area contributed by atoms with E-state index >= 15 is 0 Å². The molecule has 0 aromatic heterocycles. The molecule has 13 heavy (non-hydrogen) atoms. The van der Waals surface area contributed by atoms with Crippen molar-refractivity contribution < 1.29 is 0 Å². The predicted octanol–water partition coefficient (Wildman–Crippen LogP) is 3.07. The standard InChI is InChI=1S/C11H20IN/c1-8-5-10-3-4-11(6-8)13(10)9(2)7-12/h8-11H,3-7H2,1-2H3. The lowest BCUT2D eigenvalue weighted by atomic mass is 9.91. The first kappa shape index (κ1) is 10.2. The molecule has 0 radical (unpaired) electrons. The summed E-state index contributed by atoms with van der Waals surface area (Å²) in [6, 6.07) is 2.67. The van der Waals surface area contributed by atoms with E-state index in [9.17, 15) is 0 Å². The Morgan fingerprint density at radius 1 is 1.31 bits per heavy atom. The van der Waals surface area contributed by atoms with Crippen LogP contribution in [0.2, 0.25) is 0 Å². The maximum absolute atomic E-state index is 2.81. The molecule has 2 heterocycles. The Kier molecular flexibility index (Phi) is 3.18. The van der Waals surface area contributed by atoms with Gasteiger partial charge in [-0.15, -0.1) is 0 Å². The van der Waals surface area contributed by atoms with Crippen LogP contribution in [0.15, 0.2) is 0 Å². The number of hydrogen-bond donors (Lipinski definition) is 0. The van der Waals surface area contributed by atoms with E-state index in [4.69, 9.17) is 0 Å². The van der Waals surface area contributed by atoms with Crippen LogP contribution in [0.25, 0.3) is 0 Å². The molecule has 0 spiro atoms. The third kappa shape index (κ3) is 1.89. The van der Waals surface area contributed by atoms with Crippen molar-refractivity contribution in [1.82, 2.24) is 4.90 Å². The van der Waals surface area contributed by atoms with Gasteiger partial charge in [0.05, 0.1) is 0 Å². The smallest absolute Gasteiger partial charge is 0.0162 e. The van der Waals surface area contributed by atoms with E-state index in [0.717, 1.165) is 24.0 Å². The van der Waals surface area contributed by atoms with Gasteiger partial charge in [-0.3, -0.25) is 4.90 Å². The normalized spacial score (nSPS) is 42.2. The van der Waals surface area contributed by atoms with Crippen LogP contribution in [0.3, 0.4) is 0 Å². The summed E-state index contributed by atoms with van der Waals surface area (Å²) in [6.07, 6.45) is 5.85. The first-order chi connectivity index (χ1) is 6.22. The van der Waals surface area contributed by atoms with E-state index in [2.05, 4.69) is 41.3 Å². The van der Waals surface area contributed by atoms with Crippen LogP contribution >= 0.6 is 22.6 Å². The zero-order chi connectivity index (χ0) is 9.42. The minimum Gasteiger partial charge on any atom is -0.294 e. The lowest BCUT2D eigenvalue weighted by Gasteiger charge is -2.41. The fourth-order valence-electron chi connectivity index (χ4n) is 3.28. The predicted molar refractivity (Wildman–Crippen MR) is 65.4 cm³/mol. The highest BCUT2D eigenvalue weighted by Crippen LogP contribution is 2.39. The molecule has 2 heteroatoms. The van der Waals surface area contributed by atoms with Crippen LogP contribution < -0.4 is 0 Å². The zero-order valence-electron chi connectivity index (χ0n) is 8.67. The van der Waals surface area contributed by atoms with Crippen LogP contribution in [0.4, 0.5) is 0 Å². The number of alkyl halides is 1. The van der Waals surface area contributed by atoms with Gasteiger partial charge in [-0.2, -0.15) is 0 Å². The molecule has 2 aliphatic heterocycles. The van der Waals surface area contributed by atoms with Crippen molar-refractivity contribution in [1.29, 1.82) is 0 Å². The summed E-state index contributed by atoms with van der Waals surface area (Å²) >= 11 is 2.53. The van der Waals surface area contributed by atoms with Gasteiger partial charge in [0.15, 0.2) is 0 Å². The molecular formula is C11H20IN. The average Bonchev–Trinajstić information content (AvgIpc) is 2.37. The first-order valence-corrected chi connectivity index (χ1v) is 7.08. The van der Waals surface area contributed by atoms with Crippen molar-refractivity contribution in [2.45, 2.75) is 57.7 Å². The number of fused-ring (bicyclic) bond motifs is 2. The van der Waals surface area contributed by atoms with Crippen LogP contribution in [-0.2, 0) is 0 Å². The summed E-state index contributed by atoms with van der Waals surface area (Å²) in [4.78, 5) is 2.81. The van der Waals surface area contributed by atoms with Crippen molar-refractivity contribution in [2.24, 2.45) is 5.92 Å². The number of piperidine rings is 1. The summed E-state index contributed by atoms with van der Waals surface area (Å²) in [7, 11) is 0. The van der Waals surface area contributed by atoms with E-state index < -0.39 is 0 Å². The Hall–Kier alpha value is 0.690. The highest BCUT2D eigenvalue weighted by Gasteiger charge is 2.40. The summed E-state index contributed by atoms with van der Waals surface area (Å²) in [5.41, 5.74) is 0. The van der Waals surface area contributed by atoms with E-state index in [0.29, 0.717) is 0 Å². The molecule has 0 N–H and O–H groups in total. The van der Waals surface area contributed by atoms with Gasteiger partial charge in [0.2, 0.25) is 0 Å². The van der Waals surface area contributed by atoms with Gasteiger partial charge in [-0.05, 0) is 38.5 Å². The Morgan fingerprint density at radius 2 is 1.85 bits per heavy atom. The zero-order valence-corrected chi connectivity index (χ0v) is 10.8. The second-order valence-corrected chi connectivity index (χ2v) is 5.79. The number of nitrogens with zero attached hydrogens (tertiary/aromatic N) is 1. The van der Waals surface area contributed by atoms with Crippen molar-refractivity contribution in [2.75, 3.05) is 4.43 Å². The lowest BCUT2D eigenvalue weighted by Crippen LogP contribution is -2.47. The van der Waals surface area contributed by atoms with Gasteiger partial charge in [0.1, 0.15) is 0 Å². The largest absolute Gasteiger partial charge is 0.294 e. The molecule has 2 aliphatic rings. The SMILES string of the molecule is CC1CC2CCC(C1)N2C(C)CI. The van der Waals surface area contributed by atoms with Gasteiger partial charge in [0.25, 0.3) is 0 Å². The summed E-state index contributed by atoms with van der Waals surface area (Å²) in [5, 5.41) is 0. The van der Waals surface area contributed by atoms with E-state index in [-0.39, 0.29) is 0 Å². The highest BCUT2D eigenvalue weighted by atomic mass is 127. The van der Waals surface area contributed by atoms with Crippen LogP contribution in [0.1, 0.15) is 39.5 Å². The molecule has 2 fully saturated rings. The van der Waals surface area contributed by atoms with E-state index in [1.807, 2.05) is 0 Å². The van der Waals surface area contributed by atoms with Crippen LogP contribution in [-0.4, -0.2) is 27.5 Å². The van der Waals surface area contributed by atoms with Crippen molar-refractivity contribution in [3.8, 4) is 0 Å². The minimum absolute atomic E-state index is 0.811. The first-order valence-electron chi connectivity index (χ1n) is 5.55. The van der Waals surface area contributed by atoms with Gasteiger partial charge in [0, 0.05) is 22.6 Å². The van der Waals surface area contributed by atoms with Gasteiger partial charge in [-0.25, -0.2) is 0 Å². The Bertz CT molecular complexity index is 169. The fourth-order valence-corrected chi connectivity index (χ4v) is 3.74. The highest BCUT2D eigenvalue weighted by molar-refractivity contribution is 14.1. The van der Waals surface area contributed by atoms with E-state index in [1.54, 1.807) is 0 Å². The molecule has 1 nitrogen and oxygen atoms in total. The molecule has 0 amide bonds. The van der Waals surface area contributed by atoms with Gasteiger partial charge >= 0.3 is 0 Å². The molecule has 76 valence electrons. The monoisotopic (exact) mass is 293 g/mol. The molecule has 0 aromatic rings. The molecule has 0 aromatic carbocycles. The summed E-state index contributed by atoms with van der Waals surface area (Å²) < 4.78 is 1.29. The molecule has 3 atom stereocenters. The van der Waals surface area contributed by atoms with Crippen molar-refractivity contribution in [3.63, 3.8) is 0 Å². The maximum Gasteiger partial charge on any atom is 0.0162 e. The Labute approximate surface area is 95.4 Å². The molecule has 0 aliphatic carbocycles. The van der Waals surface area contributed by atoms with Crippen LogP contribution in [0, 0.1) is 5.92 Å². The molecule has 0 saturated carbocycles. The third-order valence-corrected chi connectivity index (χ3v) is 5.03. The molecular weight excluding hydrogens is 273 g/mol. The van der Waals surface area contributed by atoms with Crippen LogP contribution in [0.5, 0.6) is 0 Å². The Balaban J connectivity index is 2.06. The Morgan fingerprint density at radius 3 is 2.31 bits per heavy atom. The third-order valence-electron chi connectivity index (χ3n) is 3.76. The fraction of sp³-hybridized carbons (Fsp3) is 1.00. The van der Waals surface area contributed by atoms with Crippen molar-refractivity contribution >= 4 is 22.6 Å². The second kappa shape index (κ2) is 4.05. The quantitative estimate of drug-likeness (QED) is 0.558. The second-order valence-electron chi connectivity index (χ2n) is 4.91. The minimum atomic E-state index is 0.811.